The van der Waals surface area contributed by atoms with Crippen LogP contribution in [0.1, 0.15) is 26.3 Å². The zero-order chi connectivity index (χ0) is 16.8. The largest absolute Gasteiger partial charge is 0.501 e. The minimum atomic E-state index is -2.48. The first kappa shape index (κ1) is 21.6. The van der Waals surface area contributed by atoms with Crippen molar-refractivity contribution in [3.63, 3.8) is 0 Å². The predicted octanol–water partition coefficient (Wildman–Crippen LogP) is 3.16. The number of hydrogen-bond donors (Lipinski definition) is 1. The fourth-order valence-electron chi connectivity index (χ4n) is 1.94. The van der Waals surface area contributed by atoms with Crippen LogP contribution in [0.25, 0.3) is 0 Å². The van der Waals surface area contributed by atoms with Gasteiger partial charge < -0.3 is 22.0 Å². The summed E-state index contributed by atoms with van der Waals surface area (Å²) in [4.78, 5) is 0. The standard InChI is InChI=1S/C14H24O3Si.HO2S2/c1-4-15-18(16-5-2,17-6-3)13-12-14-10-8-7-9-11-14;1-4(2)3/h7-11H,4-6,12-13H2,1-3H3;(H,1,2,3)/q;-1. The Hall–Kier alpha value is -0.353. The van der Waals surface area contributed by atoms with E-state index in [1.165, 1.54) is 5.56 Å². The van der Waals surface area contributed by atoms with Crippen LogP contribution in [0.3, 0.4) is 0 Å². The highest BCUT2D eigenvalue weighted by Crippen LogP contribution is 2.19. The van der Waals surface area contributed by atoms with Gasteiger partial charge in [-0.2, -0.15) is 0 Å². The van der Waals surface area contributed by atoms with Gasteiger partial charge in [0.05, 0.1) is 0 Å². The second-order valence-electron chi connectivity index (χ2n) is 4.18. The van der Waals surface area contributed by atoms with Gasteiger partial charge in [0, 0.05) is 25.9 Å². The van der Waals surface area contributed by atoms with Gasteiger partial charge in [0.1, 0.15) is 0 Å². The summed E-state index contributed by atoms with van der Waals surface area (Å²) in [6.45, 7) is 7.88. The molecule has 22 heavy (non-hydrogen) atoms. The van der Waals surface area contributed by atoms with Crippen LogP contribution in [0.2, 0.25) is 6.04 Å². The summed E-state index contributed by atoms with van der Waals surface area (Å²) < 4.78 is 33.7. The van der Waals surface area contributed by atoms with Gasteiger partial charge >= 0.3 is 8.80 Å². The SMILES string of the molecule is CCO[Si](CCc1ccccc1)(OCC)OCC.O=[S-](O)=S. The maximum atomic E-state index is 8.93. The summed E-state index contributed by atoms with van der Waals surface area (Å²) in [6, 6.07) is 11.2. The summed E-state index contributed by atoms with van der Waals surface area (Å²) in [6.07, 6.45) is 0.938. The molecular formula is C14H25O5S2Si-. The first-order valence-corrected chi connectivity index (χ1v) is 11.2. The van der Waals surface area contributed by atoms with E-state index in [4.69, 9.17) is 22.0 Å². The van der Waals surface area contributed by atoms with Crippen LogP contribution < -0.4 is 0 Å². The van der Waals surface area contributed by atoms with E-state index in [-0.39, 0.29) is 0 Å². The lowest BCUT2D eigenvalue weighted by atomic mass is 10.2. The van der Waals surface area contributed by atoms with Gasteiger partial charge in [0.15, 0.2) is 0 Å². The minimum Gasteiger partial charge on any atom is -0.459 e. The Bertz CT molecular complexity index is 429. The molecule has 0 aromatic heterocycles. The van der Waals surface area contributed by atoms with Crippen LogP contribution >= 0.6 is 0 Å². The van der Waals surface area contributed by atoms with Gasteiger partial charge in [0.2, 0.25) is 0 Å². The molecule has 0 radical (unpaired) electrons. The highest BCUT2D eigenvalue weighted by Gasteiger charge is 2.39. The number of rotatable bonds is 9. The second kappa shape index (κ2) is 13.1. The molecule has 0 amide bonds. The molecule has 0 unspecified atom stereocenters. The molecule has 128 valence electrons. The predicted molar refractivity (Wildman–Crippen MR) is 93.6 cm³/mol. The van der Waals surface area contributed by atoms with Crippen molar-refractivity contribution >= 4 is 29.6 Å². The highest BCUT2D eigenvalue weighted by atomic mass is 32.8. The van der Waals surface area contributed by atoms with Crippen LogP contribution in [-0.2, 0) is 44.7 Å². The number of hydrogen-bond acceptors (Lipinski definition) is 6. The van der Waals surface area contributed by atoms with Crippen molar-refractivity contribution < 1.29 is 22.0 Å². The second-order valence-corrected chi connectivity index (χ2v) is 8.21. The fraction of sp³-hybridized carbons (Fsp3) is 0.571. The molecule has 8 heteroatoms. The molecule has 0 spiro atoms. The average Bonchev–Trinajstić information content (AvgIpc) is 2.47. The molecular weight excluding hydrogens is 340 g/mol. The van der Waals surface area contributed by atoms with Crippen LogP contribution in [0.4, 0.5) is 0 Å². The van der Waals surface area contributed by atoms with Crippen molar-refractivity contribution in [2.75, 3.05) is 19.8 Å². The Balaban J connectivity index is 0.000000980. The first-order chi connectivity index (χ1) is 10.5. The zero-order valence-electron chi connectivity index (χ0n) is 13.3. The summed E-state index contributed by atoms with van der Waals surface area (Å²) in [7, 11) is -4.51. The molecule has 0 aliphatic rings. The Morgan fingerprint density at radius 3 is 1.82 bits per heavy atom. The molecule has 0 bridgehead atoms. The summed E-state index contributed by atoms with van der Waals surface area (Å²) >= 11 is 3.65. The third kappa shape index (κ3) is 10.4. The molecule has 1 aromatic carbocycles. The van der Waals surface area contributed by atoms with Crippen molar-refractivity contribution in [2.24, 2.45) is 0 Å². The van der Waals surface area contributed by atoms with Gasteiger partial charge in [-0.3, -0.25) is 0 Å². The maximum Gasteiger partial charge on any atom is 0.501 e. The molecule has 0 fully saturated rings. The van der Waals surface area contributed by atoms with E-state index in [2.05, 4.69) is 35.5 Å². The van der Waals surface area contributed by atoms with Crippen molar-refractivity contribution in [2.45, 2.75) is 33.2 Å². The Labute approximate surface area is 140 Å². The zero-order valence-corrected chi connectivity index (χ0v) is 16.0. The lowest BCUT2D eigenvalue weighted by Crippen LogP contribution is -2.46. The molecule has 0 saturated heterocycles. The van der Waals surface area contributed by atoms with Crippen molar-refractivity contribution in [3.05, 3.63) is 35.9 Å². The molecule has 1 rings (SSSR count). The molecule has 1 N–H and O–H groups in total. The monoisotopic (exact) mass is 365 g/mol. The van der Waals surface area contributed by atoms with E-state index < -0.39 is 18.4 Å². The molecule has 0 atom stereocenters. The minimum absolute atomic E-state index is 0.640. The summed E-state index contributed by atoms with van der Waals surface area (Å²) in [5, 5.41) is 0. The van der Waals surface area contributed by atoms with Crippen molar-refractivity contribution in [1.82, 2.24) is 0 Å². The van der Waals surface area contributed by atoms with Crippen molar-refractivity contribution in [3.8, 4) is 0 Å². The Morgan fingerprint density at radius 1 is 1.05 bits per heavy atom. The third-order valence-electron chi connectivity index (χ3n) is 2.66. The van der Waals surface area contributed by atoms with E-state index in [0.29, 0.717) is 19.8 Å². The Morgan fingerprint density at radius 2 is 1.45 bits per heavy atom. The molecule has 5 nitrogen and oxygen atoms in total. The van der Waals surface area contributed by atoms with Gasteiger partial charge in [-0.05, 0) is 32.8 Å². The maximum absolute atomic E-state index is 8.93. The smallest absolute Gasteiger partial charge is 0.459 e. The van der Waals surface area contributed by atoms with Crippen LogP contribution in [0.15, 0.2) is 30.3 Å². The first-order valence-electron chi connectivity index (χ1n) is 7.23. The summed E-state index contributed by atoms with van der Waals surface area (Å²) in [5.74, 6) is 0. The van der Waals surface area contributed by atoms with Crippen molar-refractivity contribution in [1.29, 1.82) is 0 Å². The van der Waals surface area contributed by atoms with E-state index in [0.717, 1.165) is 12.5 Å². The van der Waals surface area contributed by atoms with Crippen LogP contribution in [0.5, 0.6) is 0 Å². The molecule has 0 heterocycles. The van der Waals surface area contributed by atoms with Gasteiger partial charge in [0.25, 0.3) is 0 Å². The molecule has 0 aliphatic heterocycles. The summed E-state index contributed by atoms with van der Waals surface area (Å²) in [5.41, 5.74) is 1.30. The van der Waals surface area contributed by atoms with E-state index in [9.17, 15) is 0 Å². The normalized spacial score (nSPS) is 11.1. The molecule has 1 aromatic rings. The Kier molecular flexibility index (Phi) is 12.9. The number of aryl methyl sites for hydroxylation is 1. The van der Waals surface area contributed by atoms with Gasteiger partial charge in [-0.25, -0.2) is 11.2 Å². The van der Waals surface area contributed by atoms with Crippen LogP contribution in [0, 0.1) is 0 Å². The lowest BCUT2D eigenvalue weighted by Gasteiger charge is -2.28. The van der Waals surface area contributed by atoms with Crippen LogP contribution in [-0.4, -0.2) is 33.2 Å². The molecule has 0 aliphatic carbocycles. The van der Waals surface area contributed by atoms with E-state index in [1.54, 1.807) is 0 Å². The average molecular weight is 366 g/mol. The fourth-order valence-corrected chi connectivity index (χ4v) is 4.54. The lowest BCUT2D eigenvalue weighted by molar-refractivity contribution is 0.0714. The quantitative estimate of drug-likeness (QED) is 0.412. The van der Waals surface area contributed by atoms with Gasteiger partial charge in [-0.1, -0.05) is 40.0 Å². The number of benzene rings is 1. The van der Waals surface area contributed by atoms with E-state index in [1.807, 2.05) is 26.8 Å². The topological polar surface area (TPSA) is 65.0 Å². The third-order valence-corrected chi connectivity index (χ3v) is 5.70. The van der Waals surface area contributed by atoms with Gasteiger partial charge in [-0.15, -0.1) is 0 Å². The highest BCUT2D eigenvalue weighted by molar-refractivity contribution is 8.18. The van der Waals surface area contributed by atoms with E-state index >= 15 is 0 Å². The molecule has 0 saturated carbocycles.